The van der Waals surface area contributed by atoms with Gasteiger partial charge in [0.1, 0.15) is 5.82 Å². The van der Waals surface area contributed by atoms with Gasteiger partial charge in [0.2, 0.25) is 5.82 Å². The first-order valence-corrected chi connectivity index (χ1v) is 6.32. The Morgan fingerprint density at radius 3 is 2.64 bits per heavy atom. The van der Waals surface area contributed by atoms with Crippen molar-refractivity contribution in [1.29, 1.82) is 0 Å². The first kappa shape index (κ1) is 15.9. The Hall–Kier alpha value is -2.45. The summed E-state index contributed by atoms with van der Waals surface area (Å²) in [6.45, 7) is 2.23. The first-order chi connectivity index (χ1) is 10.3. The quantitative estimate of drug-likeness (QED) is 0.880. The van der Waals surface area contributed by atoms with Gasteiger partial charge in [0.05, 0.1) is 5.56 Å². The number of nitrogens with zero attached hydrogens (tertiary/aromatic N) is 2. The fraction of sp³-hybridized carbons (Fsp3) is 0.308. The second-order valence-electron chi connectivity index (χ2n) is 4.37. The van der Waals surface area contributed by atoms with E-state index in [-0.39, 0.29) is 11.1 Å². The third-order valence-electron chi connectivity index (χ3n) is 2.68. The second kappa shape index (κ2) is 6.12. The van der Waals surface area contributed by atoms with Crippen LogP contribution in [0.5, 0.6) is 0 Å². The Morgan fingerprint density at radius 2 is 2.09 bits per heavy atom. The molecule has 1 aromatic carbocycles. The number of carbonyl (C=O) groups is 1. The Kier molecular flexibility index (Phi) is 4.43. The summed E-state index contributed by atoms with van der Waals surface area (Å²) in [6, 6.07) is 3.28. The van der Waals surface area contributed by atoms with Crippen LogP contribution in [0.4, 0.5) is 17.6 Å². The Bertz CT molecular complexity index is 682. The van der Waals surface area contributed by atoms with E-state index in [9.17, 15) is 22.4 Å². The highest BCUT2D eigenvalue weighted by Crippen LogP contribution is 2.29. The lowest BCUT2D eigenvalue weighted by molar-refractivity contribution is -0.159. The number of alkyl halides is 3. The minimum absolute atomic E-state index is 0.0243. The van der Waals surface area contributed by atoms with Gasteiger partial charge in [0.25, 0.3) is 5.91 Å². The summed E-state index contributed by atoms with van der Waals surface area (Å²) in [7, 11) is 0. The Morgan fingerprint density at radius 1 is 1.36 bits per heavy atom. The van der Waals surface area contributed by atoms with Crippen LogP contribution in [-0.4, -0.2) is 22.6 Å². The smallest absolute Gasteiger partial charge is 0.352 e. The van der Waals surface area contributed by atoms with Gasteiger partial charge >= 0.3 is 12.1 Å². The third kappa shape index (κ3) is 3.41. The minimum atomic E-state index is -4.77. The lowest BCUT2D eigenvalue weighted by Crippen LogP contribution is -2.24. The molecule has 0 radical (unpaired) electrons. The SMILES string of the molecule is CCCNC(=O)c1ccc(-c2noc(C(F)(F)F)n2)cc1F. The molecule has 2 rings (SSSR count). The number of aromatic nitrogens is 2. The molecule has 0 aliphatic heterocycles. The minimum Gasteiger partial charge on any atom is -0.352 e. The van der Waals surface area contributed by atoms with Crippen molar-refractivity contribution in [2.24, 2.45) is 0 Å². The van der Waals surface area contributed by atoms with Crippen LogP contribution in [0, 0.1) is 5.82 Å². The fourth-order valence-corrected chi connectivity index (χ4v) is 1.63. The van der Waals surface area contributed by atoms with Gasteiger partial charge in [-0.1, -0.05) is 18.1 Å². The summed E-state index contributed by atoms with van der Waals surface area (Å²) in [4.78, 5) is 14.8. The summed E-state index contributed by atoms with van der Waals surface area (Å²) >= 11 is 0. The van der Waals surface area contributed by atoms with Gasteiger partial charge in [-0.2, -0.15) is 18.2 Å². The van der Waals surface area contributed by atoms with Gasteiger partial charge in [-0.25, -0.2) is 4.39 Å². The van der Waals surface area contributed by atoms with Gasteiger partial charge in [-0.15, -0.1) is 0 Å². The number of hydrogen-bond acceptors (Lipinski definition) is 4. The molecule has 1 aromatic heterocycles. The molecule has 22 heavy (non-hydrogen) atoms. The van der Waals surface area contributed by atoms with E-state index in [4.69, 9.17) is 0 Å². The van der Waals surface area contributed by atoms with E-state index >= 15 is 0 Å². The van der Waals surface area contributed by atoms with Crippen molar-refractivity contribution in [3.63, 3.8) is 0 Å². The van der Waals surface area contributed by atoms with E-state index in [0.29, 0.717) is 13.0 Å². The number of nitrogens with one attached hydrogen (secondary N) is 1. The number of hydrogen-bond donors (Lipinski definition) is 1. The number of carbonyl (C=O) groups excluding carboxylic acids is 1. The molecule has 0 saturated heterocycles. The van der Waals surface area contributed by atoms with Crippen LogP contribution in [0.1, 0.15) is 29.6 Å². The summed E-state index contributed by atoms with van der Waals surface area (Å²) in [6.07, 6.45) is -4.09. The summed E-state index contributed by atoms with van der Waals surface area (Å²) in [5, 5.41) is 5.64. The number of amides is 1. The number of halogens is 4. The zero-order chi connectivity index (χ0) is 16.3. The molecule has 1 heterocycles. The van der Waals surface area contributed by atoms with Gasteiger partial charge in [0.15, 0.2) is 0 Å². The molecule has 0 fully saturated rings. The molecule has 5 nitrogen and oxygen atoms in total. The summed E-state index contributed by atoms with van der Waals surface area (Å²) < 4.78 is 55.0. The van der Waals surface area contributed by atoms with Crippen LogP contribution in [0.25, 0.3) is 11.4 Å². The van der Waals surface area contributed by atoms with Crippen LogP contribution in [0.3, 0.4) is 0 Å². The maximum Gasteiger partial charge on any atom is 0.471 e. The van der Waals surface area contributed by atoms with Crippen molar-refractivity contribution in [2.45, 2.75) is 19.5 Å². The Balaban J connectivity index is 2.26. The molecule has 118 valence electrons. The standard InChI is InChI=1S/C13H11F4N3O2/c1-2-5-18-11(21)8-4-3-7(6-9(8)14)10-19-12(22-20-10)13(15,16)17/h3-4,6H,2,5H2,1H3,(H,18,21). The molecule has 0 spiro atoms. The van der Waals surface area contributed by atoms with Crippen molar-refractivity contribution < 1.29 is 26.9 Å². The summed E-state index contributed by atoms with van der Waals surface area (Å²) in [5.41, 5.74) is -0.236. The Labute approximate surface area is 122 Å². The molecule has 1 amide bonds. The molecule has 0 aliphatic rings. The molecule has 0 atom stereocenters. The van der Waals surface area contributed by atoms with Gasteiger partial charge in [0, 0.05) is 12.1 Å². The molecule has 1 N–H and O–H groups in total. The fourth-order valence-electron chi connectivity index (χ4n) is 1.63. The van der Waals surface area contributed by atoms with Crippen molar-refractivity contribution >= 4 is 5.91 Å². The second-order valence-corrected chi connectivity index (χ2v) is 4.37. The van der Waals surface area contributed by atoms with Crippen molar-refractivity contribution in [2.75, 3.05) is 6.54 Å². The van der Waals surface area contributed by atoms with E-state index in [2.05, 4.69) is 20.0 Å². The number of rotatable bonds is 4. The molecule has 0 aliphatic carbocycles. The first-order valence-electron chi connectivity index (χ1n) is 6.32. The van der Waals surface area contributed by atoms with Crippen LogP contribution in [-0.2, 0) is 6.18 Å². The van der Waals surface area contributed by atoms with Gasteiger partial charge < -0.3 is 9.84 Å². The maximum absolute atomic E-state index is 13.9. The van der Waals surface area contributed by atoms with Crippen LogP contribution < -0.4 is 5.32 Å². The predicted molar refractivity (Wildman–Crippen MR) is 67.3 cm³/mol. The lowest BCUT2D eigenvalue weighted by Gasteiger charge is -2.05. The number of benzene rings is 1. The van der Waals surface area contributed by atoms with Crippen molar-refractivity contribution in [1.82, 2.24) is 15.5 Å². The predicted octanol–water partition coefficient (Wildman–Crippen LogP) is 3.03. The zero-order valence-electron chi connectivity index (χ0n) is 11.4. The molecule has 0 bridgehead atoms. The van der Waals surface area contributed by atoms with Crippen molar-refractivity contribution in [3.8, 4) is 11.4 Å². The van der Waals surface area contributed by atoms with E-state index in [1.165, 1.54) is 6.07 Å². The normalized spacial score (nSPS) is 11.5. The zero-order valence-corrected chi connectivity index (χ0v) is 11.4. The van der Waals surface area contributed by atoms with E-state index < -0.39 is 29.6 Å². The highest BCUT2D eigenvalue weighted by molar-refractivity contribution is 5.94. The van der Waals surface area contributed by atoms with Crippen LogP contribution in [0.2, 0.25) is 0 Å². The van der Waals surface area contributed by atoms with Gasteiger partial charge in [-0.3, -0.25) is 4.79 Å². The molecule has 0 saturated carbocycles. The topological polar surface area (TPSA) is 68.0 Å². The van der Waals surface area contributed by atoms with E-state index in [0.717, 1.165) is 12.1 Å². The molecule has 0 unspecified atom stereocenters. The molecule has 2 aromatic rings. The van der Waals surface area contributed by atoms with Gasteiger partial charge in [-0.05, 0) is 18.6 Å². The average Bonchev–Trinajstić information content (AvgIpc) is 2.94. The lowest BCUT2D eigenvalue weighted by atomic mass is 10.1. The third-order valence-corrected chi connectivity index (χ3v) is 2.68. The van der Waals surface area contributed by atoms with Crippen LogP contribution >= 0.6 is 0 Å². The maximum atomic E-state index is 13.9. The monoisotopic (exact) mass is 317 g/mol. The average molecular weight is 317 g/mol. The van der Waals surface area contributed by atoms with Crippen LogP contribution in [0.15, 0.2) is 22.7 Å². The highest BCUT2D eigenvalue weighted by atomic mass is 19.4. The molecule has 9 heteroatoms. The van der Waals surface area contributed by atoms with E-state index in [1.807, 2.05) is 6.92 Å². The largest absolute Gasteiger partial charge is 0.471 e. The summed E-state index contributed by atoms with van der Waals surface area (Å²) in [5.74, 6) is -3.42. The van der Waals surface area contributed by atoms with E-state index in [1.54, 1.807) is 0 Å². The van der Waals surface area contributed by atoms with Crippen molar-refractivity contribution in [3.05, 3.63) is 35.5 Å². The molecular weight excluding hydrogens is 306 g/mol. The highest BCUT2D eigenvalue weighted by Gasteiger charge is 2.38. The molecular formula is C13H11F4N3O2.